The number of nitrogens with zero attached hydrogens (tertiary/aromatic N) is 1. The number of anilines is 1. The van der Waals surface area contributed by atoms with Crippen molar-refractivity contribution in [1.82, 2.24) is 0 Å². The molecule has 2 aromatic rings. The van der Waals surface area contributed by atoms with Crippen LogP contribution in [0.3, 0.4) is 0 Å². The summed E-state index contributed by atoms with van der Waals surface area (Å²) in [6, 6.07) is 15.3. The summed E-state index contributed by atoms with van der Waals surface area (Å²) in [5, 5.41) is 11.4. The summed E-state index contributed by atoms with van der Waals surface area (Å²) in [5.74, 6) is -1.46. The van der Waals surface area contributed by atoms with Crippen molar-refractivity contribution < 1.29 is 17.9 Å². The maximum absolute atomic E-state index is 12.3. The molecular weight excluding hydrogens is 364 g/mol. The number of sulfone groups is 1. The van der Waals surface area contributed by atoms with Crippen molar-refractivity contribution in [2.45, 2.75) is 32.3 Å². The van der Waals surface area contributed by atoms with Gasteiger partial charge in [-0.25, -0.2) is 8.42 Å². The van der Waals surface area contributed by atoms with Gasteiger partial charge in [-0.1, -0.05) is 24.3 Å². The molecule has 0 aromatic heterocycles. The first kappa shape index (κ1) is 20.6. The Bertz CT molecular complexity index is 929. The van der Waals surface area contributed by atoms with Crippen LogP contribution in [0, 0.1) is 11.3 Å². The van der Waals surface area contributed by atoms with E-state index >= 15 is 0 Å². The van der Waals surface area contributed by atoms with Crippen LogP contribution in [0.15, 0.2) is 48.5 Å². The number of amides is 1. The number of carbonyl (C=O) groups excluding carboxylic acids is 1. The molecule has 0 aliphatic rings. The molecule has 27 heavy (non-hydrogen) atoms. The van der Waals surface area contributed by atoms with Gasteiger partial charge in [0, 0.05) is 5.69 Å². The fourth-order valence-electron chi connectivity index (χ4n) is 2.38. The number of hydrogen-bond donors (Lipinski definition) is 1. The lowest BCUT2D eigenvalue weighted by molar-refractivity contribution is -0.113. The Morgan fingerprint density at radius 2 is 1.85 bits per heavy atom. The van der Waals surface area contributed by atoms with E-state index in [1.807, 2.05) is 26.0 Å². The van der Waals surface area contributed by atoms with E-state index < -0.39 is 21.5 Å². The third-order valence-electron chi connectivity index (χ3n) is 3.61. The molecule has 0 saturated carbocycles. The molecule has 0 radical (unpaired) electrons. The highest BCUT2D eigenvalue weighted by Gasteiger charge is 2.18. The summed E-state index contributed by atoms with van der Waals surface area (Å²) >= 11 is 0. The van der Waals surface area contributed by atoms with Gasteiger partial charge >= 0.3 is 0 Å². The molecular formula is C20H22N2O4S. The topological polar surface area (TPSA) is 96.3 Å². The van der Waals surface area contributed by atoms with Crippen LogP contribution < -0.4 is 5.32 Å². The molecule has 0 bridgehead atoms. The van der Waals surface area contributed by atoms with Gasteiger partial charge < -0.3 is 10.1 Å². The monoisotopic (exact) mass is 386 g/mol. The zero-order valence-corrected chi connectivity index (χ0v) is 16.1. The second kappa shape index (κ2) is 9.31. The first-order chi connectivity index (χ1) is 12.8. The fraction of sp³-hybridized carbons (Fsp3) is 0.300. The van der Waals surface area contributed by atoms with Crippen molar-refractivity contribution >= 4 is 21.4 Å². The van der Waals surface area contributed by atoms with Gasteiger partial charge in [-0.2, -0.15) is 5.26 Å². The van der Waals surface area contributed by atoms with Crippen molar-refractivity contribution in [2.24, 2.45) is 0 Å². The number of ether oxygens (including phenoxy) is 1. The maximum atomic E-state index is 12.3. The second-order valence-corrected chi connectivity index (χ2v) is 8.51. The normalized spacial score (nSPS) is 11.2. The summed E-state index contributed by atoms with van der Waals surface area (Å²) in [6.07, 6.45) is 0.0932. The largest absolute Gasteiger partial charge is 0.374 e. The van der Waals surface area contributed by atoms with Gasteiger partial charge in [0.05, 0.1) is 30.1 Å². The third-order valence-corrected chi connectivity index (χ3v) is 5.09. The van der Waals surface area contributed by atoms with Gasteiger partial charge in [0.1, 0.15) is 5.75 Å². The highest BCUT2D eigenvalue weighted by Crippen LogP contribution is 2.13. The number of rotatable bonds is 8. The first-order valence-electron chi connectivity index (χ1n) is 8.47. The molecule has 0 unspecified atom stereocenters. The van der Waals surface area contributed by atoms with Gasteiger partial charge in [-0.05, 0) is 49.2 Å². The summed E-state index contributed by atoms with van der Waals surface area (Å²) in [6.45, 7) is 4.28. The molecule has 142 valence electrons. The number of hydrogen-bond acceptors (Lipinski definition) is 5. The van der Waals surface area contributed by atoms with E-state index in [0.29, 0.717) is 23.4 Å². The van der Waals surface area contributed by atoms with Crippen LogP contribution in [-0.2, 0) is 31.7 Å². The average molecular weight is 386 g/mol. The predicted molar refractivity (Wildman–Crippen MR) is 104 cm³/mol. The molecule has 2 aromatic carbocycles. The Hall–Kier alpha value is -2.69. The summed E-state index contributed by atoms with van der Waals surface area (Å²) in [7, 11) is -3.62. The van der Waals surface area contributed by atoms with E-state index in [4.69, 9.17) is 10.00 Å². The average Bonchev–Trinajstić information content (AvgIpc) is 2.60. The molecule has 7 heteroatoms. The molecule has 0 atom stereocenters. The maximum Gasteiger partial charge on any atom is 0.239 e. The van der Waals surface area contributed by atoms with E-state index in [1.165, 1.54) is 0 Å². The lowest BCUT2D eigenvalue weighted by Gasteiger charge is -2.10. The van der Waals surface area contributed by atoms with Crippen molar-refractivity contribution in [2.75, 3.05) is 11.1 Å². The molecule has 0 saturated heterocycles. The Morgan fingerprint density at radius 3 is 2.48 bits per heavy atom. The van der Waals surface area contributed by atoms with E-state index in [9.17, 15) is 13.2 Å². The SMILES string of the molecule is CC(C)OCc1cccc(NC(=O)CS(=O)(=O)Cc2ccc(C#N)cc2)c1. The van der Waals surface area contributed by atoms with E-state index in [-0.39, 0.29) is 11.9 Å². The molecule has 6 nitrogen and oxygen atoms in total. The van der Waals surface area contributed by atoms with E-state index in [2.05, 4.69) is 5.32 Å². The summed E-state index contributed by atoms with van der Waals surface area (Å²) in [4.78, 5) is 12.1. The van der Waals surface area contributed by atoms with Crippen LogP contribution in [0.2, 0.25) is 0 Å². The first-order valence-corrected chi connectivity index (χ1v) is 10.3. The van der Waals surface area contributed by atoms with Crippen molar-refractivity contribution in [1.29, 1.82) is 5.26 Å². The molecule has 1 N–H and O–H groups in total. The van der Waals surface area contributed by atoms with Crippen LogP contribution in [0.4, 0.5) is 5.69 Å². The standard InChI is InChI=1S/C20H22N2O4S/c1-15(2)26-12-18-4-3-5-19(10-18)22-20(23)14-27(24,25)13-17-8-6-16(11-21)7-9-17/h3-10,15H,12-14H2,1-2H3,(H,22,23). The fourth-order valence-corrected chi connectivity index (χ4v) is 3.65. The summed E-state index contributed by atoms with van der Waals surface area (Å²) in [5.41, 5.74) is 2.41. The van der Waals surface area contributed by atoms with Gasteiger partial charge in [-0.15, -0.1) is 0 Å². The highest BCUT2D eigenvalue weighted by atomic mass is 32.2. The molecule has 0 aliphatic heterocycles. The lowest BCUT2D eigenvalue weighted by atomic mass is 10.2. The van der Waals surface area contributed by atoms with Crippen LogP contribution in [-0.4, -0.2) is 26.2 Å². The highest BCUT2D eigenvalue weighted by molar-refractivity contribution is 7.91. The van der Waals surface area contributed by atoms with Gasteiger partial charge in [0.25, 0.3) is 0 Å². The van der Waals surface area contributed by atoms with Crippen LogP contribution >= 0.6 is 0 Å². The van der Waals surface area contributed by atoms with Crippen molar-refractivity contribution in [3.05, 3.63) is 65.2 Å². The smallest absolute Gasteiger partial charge is 0.239 e. The van der Waals surface area contributed by atoms with Crippen molar-refractivity contribution in [3.8, 4) is 6.07 Å². The van der Waals surface area contributed by atoms with Gasteiger partial charge in [0.2, 0.25) is 5.91 Å². The minimum absolute atomic E-state index is 0.0932. The summed E-state index contributed by atoms with van der Waals surface area (Å²) < 4.78 is 30.0. The van der Waals surface area contributed by atoms with Crippen LogP contribution in [0.1, 0.15) is 30.5 Å². The number of carbonyl (C=O) groups is 1. The molecule has 0 heterocycles. The molecule has 0 spiro atoms. The van der Waals surface area contributed by atoms with E-state index in [0.717, 1.165) is 5.56 Å². The van der Waals surface area contributed by atoms with Gasteiger partial charge in [0.15, 0.2) is 9.84 Å². The number of nitrogens with one attached hydrogen (secondary N) is 1. The van der Waals surface area contributed by atoms with Gasteiger partial charge in [-0.3, -0.25) is 4.79 Å². The zero-order valence-electron chi connectivity index (χ0n) is 15.3. The second-order valence-electron chi connectivity index (χ2n) is 6.45. The van der Waals surface area contributed by atoms with Crippen molar-refractivity contribution in [3.63, 3.8) is 0 Å². The molecule has 0 fully saturated rings. The minimum atomic E-state index is -3.62. The van der Waals surface area contributed by atoms with Crippen LogP contribution in [0.25, 0.3) is 0 Å². The minimum Gasteiger partial charge on any atom is -0.374 e. The Balaban J connectivity index is 1.95. The Labute approximate surface area is 159 Å². The lowest BCUT2D eigenvalue weighted by Crippen LogP contribution is -2.24. The Morgan fingerprint density at radius 1 is 1.15 bits per heavy atom. The number of benzene rings is 2. The van der Waals surface area contributed by atoms with Crippen LogP contribution in [0.5, 0.6) is 0 Å². The quantitative estimate of drug-likeness (QED) is 0.752. The predicted octanol–water partition coefficient (Wildman–Crippen LogP) is 3.04. The zero-order chi connectivity index (χ0) is 19.9. The molecule has 1 amide bonds. The number of nitriles is 1. The molecule has 0 aliphatic carbocycles. The van der Waals surface area contributed by atoms with E-state index in [1.54, 1.807) is 42.5 Å². The Kier molecular flexibility index (Phi) is 7.11. The third kappa shape index (κ3) is 7.21. The molecule has 2 rings (SSSR count).